The molecule has 1 N–H and O–H groups in total. The molecule has 0 aliphatic carbocycles. The van der Waals surface area contributed by atoms with Crippen LogP contribution in [0.2, 0.25) is 0 Å². The van der Waals surface area contributed by atoms with Crippen molar-refractivity contribution in [2.24, 2.45) is 0 Å². The molecule has 0 radical (unpaired) electrons. The zero-order valence-electron chi connectivity index (χ0n) is 12.5. The van der Waals surface area contributed by atoms with Gasteiger partial charge in [-0.05, 0) is 50.6 Å². The van der Waals surface area contributed by atoms with Crippen LogP contribution in [0.5, 0.6) is 11.5 Å². The van der Waals surface area contributed by atoms with Crippen LogP contribution in [0.15, 0.2) is 18.2 Å². The summed E-state index contributed by atoms with van der Waals surface area (Å²) in [5.74, 6) is 1.44. The molecule has 4 nitrogen and oxygen atoms in total. The van der Waals surface area contributed by atoms with Gasteiger partial charge in [-0.15, -0.1) is 0 Å². The van der Waals surface area contributed by atoms with E-state index in [0.717, 1.165) is 23.5 Å². The molecule has 0 amide bonds. The number of nitrogens with zero attached hydrogens (tertiary/aromatic N) is 1. The van der Waals surface area contributed by atoms with Crippen molar-refractivity contribution < 1.29 is 14.6 Å². The number of rotatable bonds is 6. The first-order valence-corrected chi connectivity index (χ1v) is 7.35. The monoisotopic (exact) mass is 279 g/mol. The molecular formula is C16H25NO3. The van der Waals surface area contributed by atoms with Crippen molar-refractivity contribution in [2.45, 2.75) is 38.3 Å². The summed E-state index contributed by atoms with van der Waals surface area (Å²) < 4.78 is 11.2. The quantitative estimate of drug-likeness (QED) is 0.868. The normalized spacial score (nSPS) is 19.9. The van der Waals surface area contributed by atoms with E-state index >= 15 is 0 Å². The van der Waals surface area contributed by atoms with Gasteiger partial charge in [0.15, 0.2) is 11.5 Å². The summed E-state index contributed by atoms with van der Waals surface area (Å²) in [5, 5.41) is 9.19. The van der Waals surface area contributed by atoms with Crippen LogP contribution in [0, 0.1) is 0 Å². The fourth-order valence-corrected chi connectivity index (χ4v) is 2.75. The van der Waals surface area contributed by atoms with Crippen molar-refractivity contribution in [2.75, 3.05) is 27.3 Å². The number of ether oxygens (including phenoxy) is 2. The van der Waals surface area contributed by atoms with Gasteiger partial charge in [0, 0.05) is 6.04 Å². The second kappa shape index (κ2) is 7.50. The van der Waals surface area contributed by atoms with Crippen LogP contribution in [-0.4, -0.2) is 43.4 Å². The molecule has 1 heterocycles. The highest BCUT2D eigenvalue weighted by molar-refractivity contribution is 5.42. The Morgan fingerprint density at radius 2 is 2.15 bits per heavy atom. The van der Waals surface area contributed by atoms with Crippen LogP contribution in [0.4, 0.5) is 0 Å². The van der Waals surface area contributed by atoms with Gasteiger partial charge in [-0.2, -0.15) is 0 Å². The lowest BCUT2D eigenvalue weighted by Crippen LogP contribution is -2.37. The van der Waals surface area contributed by atoms with E-state index in [1.165, 1.54) is 25.8 Å². The second-order valence-corrected chi connectivity index (χ2v) is 5.41. The largest absolute Gasteiger partial charge is 0.493 e. The SMILES string of the molecule is COc1ccc(CO)cc1OCCC1CCCCN1C. The van der Waals surface area contributed by atoms with Crippen molar-refractivity contribution in [3.8, 4) is 11.5 Å². The number of aliphatic hydroxyl groups excluding tert-OH is 1. The van der Waals surface area contributed by atoms with E-state index in [2.05, 4.69) is 11.9 Å². The predicted molar refractivity (Wildman–Crippen MR) is 79.3 cm³/mol. The third-order valence-electron chi connectivity index (χ3n) is 4.04. The molecule has 20 heavy (non-hydrogen) atoms. The van der Waals surface area contributed by atoms with Crippen LogP contribution in [0.25, 0.3) is 0 Å². The first kappa shape index (κ1) is 15.1. The van der Waals surface area contributed by atoms with Crippen LogP contribution in [0.3, 0.4) is 0 Å². The Hall–Kier alpha value is -1.26. The highest BCUT2D eigenvalue weighted by Gasteiger charge is 2.18. The Kier molecular flexibility index (Phi) is 5.68. The molecular weight excluding hydrogens is 254 g/mol. The second-order valence-electron chi connectivity index (χ2n) is 5.41. The average Bonchev–Trinajstić information content (AvgIpc) is 2.49. The molecule has 1 fully saturated rings. The van der Waals surface area contributed by atoms with Gasteiger partial charge < -0.3 is 19.5 Å². The Labute approximate surface area is 121 Å². The first-order chi connectivity index (χ1) is 9.74. The van der Waals surface area contributed by atoms with Crippen LogP contribution in [0.1, 0.15) is 31.2 Å². The maximum absolute atomic E-state index is 9.19. The van der Waals surface area contributed by atoms with Gasteiger partial charge in [0.25, 0.3) is 0 Å². The fourth-order valence-electron chi connectivity index (χ4n) is 2.75. The molecule has 1 unspecified atom stereocenters. The Morgan fingerprint density at radius 1 is 1.30 bits per heavy atom. The summed E-state index contributed by atoms with van der Waals surface area (Å²) in [5.41, 5.74) is 0.843. The number of aliphatic hydroxyl groups is 1. The third kappa shape index (κ3) is 3.87. The van der Waals surface area contributed by atoms with Gasteiger partial charge >= 0.3 is 0 Å². The molecule has 0 saturated carbocycles. The summed E-state index contributed by atoms with van der Waals surface area (Å²) >= 11 is 0. The fraction of sp³-hybridized carbons (Fsp3) is 0.625. The molecule has 1 aromatic carbocycles. The van der Waals surface area contributed by atoms with Gasteiger partial charge in [0.05, 0.1) is 20.3 Å². The number of piperidine rings is 1. The van der Waals surface area contributed by atoms with E-state index in [1.54, 1.807) is 7.11 Å². The van der Waals surface area contributed by atoms with Gasteiger partial charge in [0.1, 0.15) is 0 Å². The summed E-state index contributed by atoms with van der Waals surface area (Å²) in [7, 11) is 3.83. The van der Waals surface area contributed by atoms with Crippen LogP contribution >= 0.6 is 0 Å². The zero-order chi connectivity index (χ0) is 14.4. The molecule has 1 aliphatic rings. The molecule has 0 aromatic heterocycles. The van der Waals surface area contributed by atoms with E-state index < -0.39 is 0 Å². The minimum atomic E-state index is 0.0196. The molecule has 1 aliphatic heterocycles. The lowest BCUT2D eigenvalue weighted by atomic mass is 10.0. The minimum Gasteiger partial charge on any atom is -0.493 e. The summed E-state index contributed by atoms with van der Waals surface area (Å²) in [6.45, 7) is 1.89. The molecule has 1 atom stereocenters. The predicted octanol–water partition coefficient (Wildman–Crippen LogP) is 2.44. The summed E-state index contributed by atoms with van der Waals surface area (Å²) in [4.78, 5) is 2.42. The smallest absolute Gasteiger partial charge is 0.161 e. The topological polar surface area (TPSA) is 41.9 Å². The lowest BCUT2D eigenvalue weighted by Gasteiger charge is -2.32. The molecule has 112 valence electrons. The van der Waals surface area contributed by atoms with E-state index in [-0.39, 0.29) is 6.61 Å². The van der Waals surface area contributed by atoms with E-state index in [1.807, 2.05) is 18.2 Å². The molecule has 1 aromatic rings. The maximum Gasteiger partial charge on any atom is 0.161 e. The van der Waals surface area contributed by atoms with Gasteiger partial charge in [-0.25, -0.2) is 0 Å². The Morgan fingerprint density at radius 3 is 2.85 bits per heavy atom. The number of benzene rings is 1. The Bertz CT molecular complexity index is 422. The van der Waals surface area contributed by atoms with Gasteiger partial charge in [-0.1, -0.05) is 12.5 Å². The number of hydrogen-bond acceptors (Lipinski definition) is 4. The zero-order valence-corrected chi connectivity index (χ0v) is 12.5. The standard InChI is InChI=1S/C16H25NO3/c1-17-9-4-3-5-14(17)8-10-20-16-11-13(12-18)6-7-15(16)19-2/h6-7,11,14,18H,3-5,8-10,12H2,1-2H3. The third-order valence-corrected chi connectivity index (χ3v) is 4.04. The van der Waals surface area contributed by atoms with Crippen molar-refractivity contribution >= 4 is 0 Å². The van der Waals surface area contributed by atoms with Gasteiger partial charge in [-0.3, -0.25) is 0 Å². The van der Waals surface area contributed by atoms with E-state index in [9.17, 15) is 5.11 Å². The molecule has 4 heteroatoms. The highest BCUT2D eigenvalue weighted by Crippen LogP contribution is 2.28. The summed E-state index contributed by atoms with van der Waals surface area (Å²) in [6.07, 6.45) is 4.91. The molecule has 0 spiro atoms. The van der Waals surface area contributed by atoms with E-state index in [0.29, 0.717) is 12.6 Å². The van der Waals surface area contributed by atoms with Crippen LogP contribution in [-0.2, 0) is 6.61 Å². The summed E-state index contributed by atoms with van der Waals surface area (Å²) in [6, 6.07) is 6.16. The number of hydrogen-bond donors (Lipinski definition) is 1. The lowest BCUT2D eigenvalue weighted by molar-refractivity contribution is 0.152. The Balaban J connectivity index is 1.89. The molecule has 0 bridgehead atoms. The van der Waals surface area contributed by atoms with Crippen molar-refractivity contribution in [1.29, 1.82) is 0 Å². The maximum atomic E-state index is 9.19. The van der Waals surface area contributed by atoms with Crippen LogP contribution < -0.4 is 9.47 Å². The molecule has 2 rings (SSSR count). The van der Waals surface area contributed by atoms with Crippen molar-refractivity contribution in [1.82, 2.24) is 4.90 Å². The van der Waals surface area contributed by atoms with Crippen molar-refractivity contribution in [3.63, 3.8) is 0 Å². The molecule has 1 saturated heterocycles. The van der Waals surface area contributed by atoms with E-state index in [4.69, 9.17) is 9.47 Å². The average molecular weight is 279 g/mol. The number of likely N-dealkylation sites (tertiary alicyclic amines) is 1. The first-order valence-electron chi connectivity index (χ1n) is 7.35. The minimum absolute atomic E-state index is 0.0196. The van der Waals surface area contributed by atoms with Crippen molar-refractivity contribution in [3.05, 3.63) is 23.8 Å². The highest BCUT2D eigenvalue weighted by atomic mass is 16.5. The van der Waals surface area contributed by atoms with Gasteiger partial charge in [0.2, 0.25) is 0 Å². The number of methoxy groups -OCH3 is 1.